The van der Waals surface area contributed by atoms with Crippen LogP contribution in [0.2, 0.25) is 0 Å². The lowest BCUT2D eigenvalue weighted by atomic mass is 9.93. The van der Waals surface area contributed by atoms with Crippen molar-refractivity contribution in [2.24, 2.45) is 4.99 Å². The normalized spacial score (nSPS) is 23.4. The van der Waals surface area contributed by atoms with Crippen molar-refractivity contribution in [2.45, 2.75) is 64.5 Å². The van der Waals surface area contributed by atoms with Gasteiger partial charge in [-0.1, -0.05) is 13.3 Å². The highest BCUT2D eigenvalue weighted by Gasteiger charge is 2.19. The second-order valence-corrected chi connectivity index (χ2v) is 6.07. The summed E-state index contributed by atoms with van der Waals surface area (Å²) in [7, 11) is 2.16. The van der Waals surface area contributed by atoms with Gasteiger partial charge in [-0.25, -0.2) is 0 Å². The Morgan fingerprint density at radius 1 is 1.19 bits per heavy atom. The third-order valence-electron chi connectivity index (χ3n) is 4.03. The fourth-order valence-electron chi connectivity index (χ4n) is 2.61. The van der Waals surface area contributed by atoms with Gasteiger partial charge >= 0.3 is 0 Å². The van der Waals surface area contributed by atoms with Gasteiger partial charge in [0.1, 0.15) is 0 Å². The molecular weight excluding hydrogens is 264 g/mol. The smallest absolute Gasteiger partial charge is 0.191 e. The number of nitrogens with zero attached hydrogens (tertiary/aromatic N) is 2. The maximum absolute atomic E-state index is 9.56. The number of rotatable bonds is 8. The molecule has 5 nitrogen and oxygen atoms in total. The largest absolute Gasteiger partial charge is 0.393 e. The van der Waals surface area contributed by atoms with Crippen LogP contribution in [0.15, 0.2) is 4.99 Å². The van der Waals surface area contributed by atoms with Gasteiger partial charge in [0.2, 0.25) is 0 Å². The van der Waals surface area contributed by atoms with Gasteiger partial charge < -0.3 is 20.6 Å². The number of likely N-dealkylation sites (N-methyl/N-ethyl adjacent to an activating group) is 1. The van der Waals surface area contributed by atoms with E-state index in [0.29, 0.717) is 6.04 Å². The van der Waals surface area contributed by atoms with Crippen LogP contribution in [0.3, 0.4) is 0 Å². The highest BCUT2D eigenvalue weighted by atomic mass is 16.3. The van der Waals surface area contributed by atoms with Gasteiger partial charge in [-0.3, -0.25) is 4.99 Å². The first-order chi connectivity index (χ1) is 10.2. The van der Waals surface area contributed by atoms with E-state index in [-0.39, 0.29) is 6.10 Å². The van der Waals surface area contributed by atoms with Crippen LogP contribution in [0.1, 0.15) is 52.4 Å². The molecular formula is C16H34N4O. The highest BCUT2D eigenvalue weighted by molar-refractivity contribution is 5.80. The molecule has 0 aromatic carbocycles. The third-order valence-corrected chi connectivity index (χ3v) is 4.03. The molecule has 5 heteroatoms. The maximum atomic E-state index is 9.56. The number of aliphatic imine (C=N–C) groups is 1. The van der Waals surface area contributed by atoms with Gasteiger partial charge in [-0.05, 0) is 52.6 Å². The van der Waals surface area contributed by atoms with Gasteiger partial charge in [0, 0.05) is 19.1 Å². The van der Waals surface area contributed by atoms with Crippen molar-refractivity contribution < 1.29 is 5.11 Å². The lowest BCUT2D eigenvalue weighted by molar-refractivity contribution is 0.120. The molecule has 0 unspecified atom stereocenters. The molecule has 1 saturated carbocycles. The molecule has 0 radical (unpaired) electrons. The second kappa shape index (κ2) is 10.9. The Hall–Kier alpha value is -0.810. The molecule has 0 aromatic rings. The summed E-state index contributed by atoms with van der Waals surface area (Å²) < 4.78 is 0. The Balaban J connectivity index is 2.32. The molecule has 124 valence electrons. The number of unbranched alkanes of at least 4 members (excludes halogenated alkanes) is 1. The van der Waals surface area contributed by atoms with Crippen molar-refractivity contribution in [3.05, 3.63) is 0 Å². The standard InChI is InChI=1S/C16H34N4O/c1-4-6-12-20(3)13-11-18-16(17-5-2)19-14-7-9-15(21)10-8-14/h14-15,21H,4-13H2,1-3H3,(H2,17,18,19). The fourth-order valence-corrected chi connectivity index (χ4v) is 2.61. The number of aliphatic hydroxyl groups is 1. The Morgan fingerprint density at radius 3 is 2.52 bits per heavy atom. The van der Waals surface area contributed by atoms with Gasteiger partial charge in [0.15, 0.2) is 5.96 Å². The summed E-state index contributed by atoms with van der Waals surface area (Å²) in [6.07, 6.45) is 6.25. The summed E-state index contributed by atoms with van der Waals surface area (Å²) in [4.78, 5) is 7.01. The van der Waals surface area contributed by atoms with Crippen molar-refractivity contribution in [1.82, 2.24) is 15.5 Å². The lowest BCUT2D eigenvalue weighted by Crippen LogP contribution is -2.45. The summed E-state index contributed by atoms with van der Waals surface area (Å²) >= 11 is 0. The van der Waals surface area contributed by atoms with Gasteiger partial charge in [-0.15, -0.1) is 0 Å². The molecule has 1 fully saturated rings. The lowest BCUT2D eigenvalue weighted by Gasteiger charge is -2.27. The van der Waals surface area contributed by atoms with Crippen molar-refractivity contribution in [3.8, 4) is 0 Å². The Labute approximate surface area is 130 Å². The van der Waals surface area contributed by atoms with E-state index in [1.165, 1.54) is 12.8 Å². The first-order valence-electron chi connectivity index (χ1n) is 8.57. The number of guanidine groups is 1. The molecule has 21 heavy (non-hydrogen) atoms. The Bertz CT molecular complexity index is 288. The van der Waals surface area contributed by atoms with Crippen molar-refractivity contribution in [1.29, 1.82) is 0 Å². The molecule has 0 aromatic heterocycles. The number of hydrogen-bond acceptors (Lipinski definition) is 3. The van der Waals surface area contributed by atoms with Crippen LogP contribution in [-0.2, 0) is 0 Å². The SMILES string of the molecule is CCCCN(C)CCN=C(NCC)NC1CCC(O)CC1. The van der Waals surface area contributed by atoms with Crippen LogP contribution in [0.5, 0.6) is 0 Å². The number of hydrogen-bond donors (Lipinski definition) is 3. The molecule has 0 saturated heterocycles. The first kappa shape index (κ1) is 18.2. The fraction of sp³-hybridized carbons (Fsp3) is 0.938. The van der Waals surface area contributed by atoms with E-state index in [0.717, 1.165) is 57.8 Å². The Kier molecular flexibility index (Phi) is 9.42. The average molecular weight is 298 g/mol. The molecule has 0 spiro atoms. The van der Waals surface area contributed by atoms with E-state index in [9.17, 15) is 5.11 Å². The highest BCUT2D eigenvalue weighted by Crippen LogP contribution is 2.18. The summed E-state index contributed by atoms with van der Waals surface area (Å²) in [5.74, 6) is 0.919. The van der Waals surface area contributed by atoms with Crippen LogP contribution >= 0.6 is 0 Å². The van der Waals surface area contributed by atoms with Gasteiger partial charge in [0.05, 0.1) is 12.6 Å². The molecule has 3 N–H and O–H groups in total. The number of aliphatic hydroxyl groups excluding tert-OH is 1. The molecule has 0 amide bonds. The van der Waals surface area contributed by atoms with E-state index >= 15 is 0 Å². The van der Waals surface area contributed by atoms with Gasteiger partial charge in [-0.2, -0.15) is 0 Å². The maximum Gasteiger partial charge on any atom is 0.191 e. The quantitative estimate of drug-likeness (QED) is 0.470. The van der Waals surface area contributed by atoms with Crippen molar-refractivity contribution in [3.63, 3.8) is 0 Å². The minimum Gasteiger partial charge on any atom is -0.393 e. The summed E-state index contributed by atoms with van der Waals surface area (Å²) in [5, 5.41) is 16.4. The molecule has 0 aliphatic heterocycles. The predicted molar refractivity (Wildman–Crippen MR) is 89.8 cm³/mol. The third kappa shape index (κ3) is 8.27. The van der Waals surface area contributed by atoms with E-state index in [1.54, 1.807) is 0 Å². The zero-order valence-electron chi connectivity index (χ0n) is 14.1. The first-order valence-corrected chi connectivity index (χ1v) is 8.57. The summed E-state index contributed by atoms with van der Waals surface area (Å²) in [5.41, 5.74) is 0. The van der Waals surface area contributed by atoms with E-state index in [1.807, 2.05) is 0 Å². The Morgan fingerprint density at radius 2 is 1.90 bits per heavy atom. The second-order valence-electron chi connectivity index (χ2n) is 6.07. The molecule has 0 heterocycles. The van der Waals surface area contributed by atoms with E-state index in [4.69, 9.17) is 0 Å². The minimum atomic E-state index is -0.102. The van der Waals surface area contributed by atoms with Crippen molar-refractivity contribution >= 4 is 5.96 Å². The predicted octanol–water partition coefficient (Wildman–Crippen LogP) is 1.58. The van der Waals surface area contributed by atoms with E-state index in [2.05, 4.69) is 41.4 Å². The van der Waals surface area contributed by atoms with Gasteiger partial charge in [0.25, 0.3) is 0 Å². The monoisotopic (exact) mass is 298 g/mol. The zero-order chi connectivity index (χ0) is 15.5. The molecule has 0 bridgehead atoms. The van der Waals surface area contributed by atoms with E-state index < -0.39 is 0 Å². The van der Waals surface area contributed by atoms with Crippen LogP contribution in [0, 0.1) is 0 Å². The van der Waals surface area contributed by atoms with Crippen LogP contribution in [0.4, 0.5) is 0 Å². The summed E-state index contributed by atoms with van der Waals surface area (Å²) in [6, 6.07) is 0.448. The zero-order valence-corrected chi connectivity index (χ0v) is 14.1. The average Bonchev–Trinajstić information content (AvgIpc) is 2.47. The minimum absolute atomic E-state index is 0.102. The van der Waals surface area contributed by atoms with Crippen LogP contribution in [-0.4, -0.2) is 61.3 Å². The molecule has 0 atom stereocenters. The molecule has 1 aliphatic carbocycles. The number of nitrogens with one attached hydrogen (secondary N) is 2. The summed E-state index contributed by atoms with van der Waals surface area (Å²) in [6.45, 7) is 8.17. The topological polar surface area (TPSA) is 59.9 Å². The van der Waals surface area contributed by atoms with Crippen LogP contribution in [0.25, 0.3) is 0 Å². The van der Waals surface area contributed by atoms with Crippen LogP contribution < -0.4 is 10.6 Å². The molecule has 1 rings (SSSR count). The van der Waals surface area contributed by atoms with Crippen molar-refractivity contribution in [2.75, 3.05) is 33.2 Å². The molecule has 1 aliphatic rings.